The molecule has 0 bridgehead atoms. The Morgan fingerprint density at radius 3 is 2.68 bits per heavy atom. The number of likely N-dealkylation sites (N-methyl/N-ethyl adjacent to an activating group) is 1. The summed E-state index contributed by atoms with van der Waals surface area (Å²) in [7, 11) is 1.99. The summed E-state index contributed by atoms with van der Waals surface area (Å²) in [6.45, 7) is 4.12. The molecule has 1 aliphatic carbocycles. The second-order valence-electron chi connectivity index (χ2n) is 6.72. The lowest BCUT2D eigenvalue weighted by atomic mass is 9.87. The second-order valence-corrected chi connectivity index (χ2v) is 6.72. The molecule has 1 heterocycles. The van der Waals surface area contributed by atoms with Crippen LogP contribution in [-0.2, 0) is 4.79 Å². The minimum absolute atomic E-state index is 0.0414. The van der Waals surface area contributed by atoms with Crippen LogP contribution in [0.3, 0.4) is 0 Å². The zero-order chi connectivity index (χ0) is 13.7. The van der Waals surface area contributed by atoms with Crippen LogP contribution >= 0.6 is 0 Å². The van der Waals surface area contributed by atoms with Gasteiger partial charge in [-0.2, -0.15) is 0 Å². The van der Waals surface area contributed by atoms with Crippen LogP contribution in [-0.4, -0.2) is 36.5 Å². The summed E-state index contributed by atoms with van der Waals surface area (Å²) in [6, 6.07) is 0. The number of carbonyl (C=O) groups excluding carboxylic acids is 1. The molecule has 3 heteroatoms. The van der Waals surface area contributed by atoms with Crippen LogP contribution in [0.2, 0.25) is 0 Å². The van der Waals surface area contributed by atoms with Crippen molar-refractivity contribution in [2.45, 2.75) is 70.3 Å². The van der Waals surface area contributed by atoms with E-state index in [0.29, 0.717) is 5.91 Å². The normalized spacial score (nSPS) is 28.8. The number of nitrogens with zero attached hydrogens (tertiary/aromatic N) is 1. The molecule has 2 rings (SSSR count). The first kappa shape index (κ1) is 14.8. The second kappa shape index (κ2) is 6.74. The van der Waals surface area contributed by atoms with Crippen molar-refractivity contribution in [2.75, 3.05) is 20.1 Å². The third-order valence-electron chi connectivity index (χ3n) is 5.10. The number of piperidine rings is 1. The molecule has 110 valence electrons. The number of nitrogens with one attached hydrogen (secondary N) is 1. The molecule has 1 aliphatic heterocycles. The molecule has 2 aliphatic rings. The van der Waals surface area contributed by atoms with Gasteiger partial charge in [0, 0.05) is 19.5 Å². The standard InChI is InChI=1S/C16H30N2O/c1-16(13-17-2)11-5-6-12-18(16)15(19)10-9-14-7-3-4-8-14/h14,17H,3-13H2,1-2H3. The van der Waals surface area contributed by atoms with Crippen molar-refractivity contribution >= 4 is 5.91 Å². The van der Waals surface area contributed by atoms with Crippen molar-refractivity contribution in [2.24, 2.45) is 5.92 Å². The fourth-order valence-corrected chi connectivity index (χ4v) is 3.93. The minimum Gasteiger partial charge on any atom is -0.336 e. The van der Waals surface area contributed by atoms with Crippen molar-refractivity contribution in [3.63, 3.8) is 0 Å². The average Bonchev–Trinajstić information content (AvgIpc) is 2.89. The number of hydrogen-bond donors (Lipinski definition) is 1. The van der Waals surface area contributed by atoms with Crippen LogP contribution in [0, 0.1) is 5.92 Å². The van der Waals surface area contributed by atoms with E-state index in [9.17, 15) is 4.79 Å². The van der Waals surface area contributed by atoms with Crippen LogP contribution in [0.5, 0.6) is 0 Å². The summed E-state index contributed by atoms with van der Waals surface area (Å²) >= 11 is 0. The molecule has 1 atom stereocenters. The third kappa shape index (κ3) is 3.71. The quantitative estimate of drug-likeness (QED) is 0.830. The molecular weight excluding hydrogens is 236 g/mol. The monoisotopic (exact) mass is 266 g/mol. The van der Waals surface area contributed by atoms with Gasteiger partial charge in [-0.3, -0.25) is 4.79 Å². The number of rotatable bonds is 5. The van der Waals surface area contributed by atoms with Crippen LogP contribution in [0.1, 0.15) is 64.7 Å². The summed E-state index contributed by atoms with van der Waals surface area (Å²) in [5.74, 6) is 1.22. The van der Waals surface area contributed by atoms with Gasteiger partial charge in [0.05, 0.1) is 5.54 Å². The molecule has 0 aromatic carbocycles. The van der Waals surface area contributed by atoms with Gasteiger partial charge in [0.15, 0.2) is 0 Å². The lowest BCUT2D eigenvalue weighted by molar-refractivity contribution is -0.139. The van der Waals surface area contributed by atoms with E-state index in [1.165, 1.54) is 38.5 Å². The first-order chi connectivity index (χ1) is 9.15. The zero-order valence-corrected chi connectivity index (χ0v) is 12.7. The Hall–Kier alpha value is -0.570. The van der Waals surface area contributed by atoms with Gasteiger partial charge in [-0.1, -0.05) is 25.7 Å². The Morgan fingerprint density at radius 2 is 2.00 bits per heavy atom. The maximum atomic E-state index is 12.5. The predicted octanol–water partition coefficient (Wildman–Crippen LogP) is 2.95. The number of hydrogen-bond acceptors (Lipinski definition) is 2. The highest BCUT2D eigenvalue weighted by Crippen LogP contribution is 2.31. The molecule has 0 aromatic rings. The summed E-state index contributed by atoms with van der Waals surface area (Å²) in [6.07, 6.45) is 10.9. The molecular formula is C16H30N2O. The molecule has 1 N–H and O–H groups in total. The van der Waals surface area contributed by atoms with E-state index in [1.54, 1.807) is 0 Å². The SMILES string of the molecule is CNCC1(C)CCCCN1C(=O)CCC1CCCC1. The maximum Gasteiger partial charge on any atom is 0.223 e. The van der Waals surface area contributed by atoms with Gasteiger partial charge in [-0.25, -0.2) is 0 Å². The van der Waals surface area contributed by atoms with Crippen molar-refractivity contribution in [3.05, 3.63) is 0 Å². The van der Waals surface area contributed by atoms with Crippen LogP contribution in [0.4, 0.5) is 0 Å². The highest BCUT2D eigenvalue weighted by atomic mass is 16.2. The fourth-order valence-electron chi connectivity index (χ4n) is 3.93. The number of likely N-dealkylation sites (tertiary alicyclic amines) is 1. The number of amides is 1. The molecule has 1 saturated carbocycles. The Morgan fingerprint density at radius 1 is 1.26 bits per heavy atom. The van der Waals surface area contributed by atoms with Gasteiger partial charge in [0.1, 0.15) is 0 Å². The van der Waals surface area contributed by atoms with E-state index in [0.717, 1.165) is 38.3 Å². The fraction of sp³-hybridized carbons (Fsp3) is 0.938. The summed E-state index contributed by atoms with van der Waals surface area (Å²) in [5, 5.41) is 3.27. The van der Waals surface area contributed by atoms with Crippen molar-refractivity contribution in [3.8, 4) is 0 Å². The van der Waals surface area contributed by atoms with Gasteiger partial charge in [-0.15, -0.1) is 0 Å². The lowest BCUT2D eigenvalue weighted by Crippen LogP contribution is -2.57. The van der Waals surface area contributed by atoms with Gasteiger partial charge in [-0.05, 0) is 45.6 Å². The number of carbonyl (C=O) groups is 1. The Kier molecular flexibility index (Phi) is 5.26. The van der Waals surface area contributed by atoms with E-state index in [4.69, 9.17) is 0 Å². The molecule has 3 nitrogen and oxygen atoms in total. The van der Waals surface area contributed by atoms with E-state index < -0.39 is 0 Å². The first-order valence-corrected chi connectivity index (χ1v) is 8.11. The van der Waals surface area contributed by atoms with Gasteiger partial charge in [0.2, 0.25) is 5.91 Å². The van der Waals surface area contributed by atoms with Crippen LogP contribution < -0.4 is 5.32 Å². The van der Waals surface area contributed by atoms with Gasteiger partial charge < -0.3 is 10.2 Å². The van der Waals surface area contributed by atoms with Crippen LogP contribution in [0.15, 0.2) is 0 Å². The molecule has 1 unspecified atom stereocenters. The molecule has 19 heavy (non-hydrogen) atoms. The maximum absolute atomic E-state index is 12.5. The van der Waals surface area contributed by atoms with Crippen molar-refractivity contribution < 1.29 is 4.79 Å². The van der Waals surface area contributed by atoms with E-state index in [2.05, 4.69) is 17.1 Å². The van der Waals surface area contributed by atoms with Crippen LogP contribution in [0.25, 0.3) is 0 Å². The van der Waals surface area contributed by atoms with Crippen molar-refractivity contribution in [1.29, 1.82) is 0 Å². The molecule has 0 radical (unpaired) electrons. The molecule has 0 spiro atoms. The smallest absolute Gasteiger partial charge is 0.223 e. The van der Waals surface area contributed by atoms with Gasteiger partial charge >= 0.3 is 0 Å². The molecule has 0 aromatic heterocycles. The summed E-state index contributed by atoms with van der Waals surface area (Å²) in [5.41, 5.74) is 0.0414. The predicted molar refractivity (Wildman–Crippen MR) is 79.1 cm³/mol. The molecule has 1 saturated heterocycles. The lowest BCUT2D eigenvalue weighted by Gasteiger charge is -2.45. The third-order valence-corrected chi connectivity index (χ3v) is 5.10. The zero-order valence-electron chi connectivity index (χ0n) is 12.7. The summed E-state index contributed by atoms with van der Waals surface area (Å²) < 4.78 is 0. The van der Waals surface area contributed by atoms with Crippen molar-refractivity contribution in [1.82, 2.24) is 10.2 Å². The highest BCUT2D eigenvalue weighted by Gasteiger charge is 2.36. The Labute approximate surface area is 118 Å². The Bertz CT molecular complexity index is 295. The van der Waals surface area contributed by atoms with E-state index in [1.807, 2.05) is 7.05 Å². The molecule has 1 amide bonds. The topological polar surface area (TPSA) is 32.3 Å². The average molecular weight is 266 g/mol. The van der Waals surface area contributed by atoms with E-state index >= 15 is 0 Å². The van der Waals surface area contributed by atoms with E-state index in [-0.39, 0.29) is 5.54 Å². The highest BCUT2D eigenvalue weighted by molar-refractivity contribution is 5.77. The Balaban J connectivity index is 1.87. The first-order valence-electron chi connectivity index (χ1n) is 8.11. The summed E-state index contributed by atoms with van der Waals surface area (Å²) in [4.78, 5) is 14.7. The molecule has 2 fully saturated rings. The largest absolute Gasteiger partial charge is 0.336 e. The van der Waals surface area contributed by atoms with Gasteiger partial charge in [0.25, 0.3) is 0 Å². The minimum atomic E-state index is 0.0414.